The first-order chi connectivity index (χ1) is 6.76. The molecule has 0 amide bonds. The number of hydrogen-bond donors (Lipinski definition) is 1. The average Bonchev–Trinajstić information content (AvgIpc) is 2.26. The topological polar surface area (TPSA) is 48.7 Å². The predicted octanol–water partition coefficient (Wildman–Crippen LogP) is 2.12. The average molecular weight is 207 g/mol. The fourth-order valence-electron chi connectivity index (χ4n) is 0.947. The molecule has 0 aliphatic heterocycles. The van der Waals surface area contributed by atoms with Crippen LogP contribution in [0.4, 0.5) is 5.69 Å². The van der Waals surface area contributed by atoms with Gasteiger partial charge in [0.05, 0.1) is 0 Å². The highest BCUT2D eigenvalue weighted by molar-refractivity contribution is 7.99. The van der Waals surface area contributed by atoms with Crippen molar-refractivity contribution in [2.75, 3.05) is 18.1 Å². The minimum atomic E-state index is 0.451. The zero-order valence-electron chi connectivity index (χ0n) is 8.32. The van der Waals surface area contributed by atoms with Crippen LogP contribution in [-0.4, -0.2) is 23.0 Å². The highest BCUT2D eigenvalue weighted by Crippen LogP contribution is 2.10. The van der Waals surface area contributed by atoms with Crippen molar-refractivity contribution in [3.63, 3.8) is 0 Å². The third-order valence-corrected chi connectivity index (χ3v) is 2.84. The summed E-state index contributed by atoms with van der Waals surface area (Å²) >= 11 is 1.81. The number of nitriles is 1. The maximum Gasteiger partial charge on any atom is 0.142 e. The highest BCUT2D eigenvalue weighted by Gasteiger charge is 1.99. The molecule has 0 bridgehead atoms. The van der Waals surface area contributed by atoms with Gasteiger partial charge in [-0.3, -0.25) is 0 Å². The van der Waals surface area contributed by atoms with Crippen molar-refractivity contribution in [1.82, 2.24) is 4.98 Å². The number of thioether (sulfide) groups is 1. The number of anilines is 1. The van der Waals surface area contributed by atoms with E-state index in [0.29, 0.717) is 10.9 Å². The SMILES string of the molecule is CSC(C)CNc1ccnc(C#N)c1. The Labute approximate surface area is 88.5 Å². The van der Waals surface area contributed by atoms with Gasteiger partial charge in [-0.05, 0) is 18.4 Å². The first-order valence-corrected chi connectivity index (χ1v) is 5.68. The number of hydrogen-bond acceptors (Lipinski definition) is 4. The quantitative estimate of drug-likeness (QED) is 0.821. The van der Waals surface area contributed by atoms with Gasteiger partial charge in [-0.2, -0.15) is 17.0 Å². The fourth-order valence-corrected chi connectivity index (χ4v) is 1.20. The molecule has 1 N–H and O–H groups in total. The van der Waals surface area contributed by atoms with Crippen LogP contribution < -0.4 is 5.32 Å². The van der Waals surface area contributed by atoms with Crippen molar-refractivity contribution in [3.05, 3.63) is 24.0 Å². The van der Waals surface area contributed by atoms with Crippen LogP contribution >= 0.6 is 11.8 Å². The molecule has 0 spiro atoms. The second-order valence-corrected chi connectivity index (χ2v) is 4.24. The smallest absolute Gasteiger partial charge is 0.142 e. The van der Waals surface area contributed by atoms with E-state index in [2.05, 4.69) is 23.5 Å². The Morgan fingerprint density at radius 2 is 2.50 bits per heavy atom. The Balaban J connectivity index is 2.55. The zero-order chi connectivity index (χ0) is 10.4. The summed E-state index contributed by atoms with van der Waals surface area (Å²) in [4.78, 5) is 3.90. The summed E-state index contributed by atoms with van der Waals surface area (Å²) in [5.41, 5.74) is 1.41. The van der Waals surface area contributed by atoms with Crippen molar-refractivity contribution in [1.29, 1.82) is 5.26 Å². The summed E-state index contributed by atoms with van der Waals surface area (Å²) in [6.07, 6.45) is 3.73. The molecule has 0 aliphatic carbocycles. The first kappa shape index (κ1) is 10.9. The maximum absolute atomic E-state index is 8.64. The number of rotatable bonds is 4. The molecule has 1 aromatic rings. The summed E-state index contributed by atoms with van der Waals surface area (Å²) < 4.78 is 0. The van der Waals surface area contributed by atoms with E-state index in [1.54, 1.807) is 12.3 Å². The van der Waals surface area contributed by atoms with Crippen LogP contribution in [0.5, 0.6) is 0 Å². The van der Waals surface area contributed by atoms with E-state index < -0.39 is 0 Å². The third-order valence-electron chi connectivity index (χ3n) is 1.87. The first-order valence-electron chi connectivity index (χ1n) is 4.39. The lowest BCUT2D eigenvalue weighted by Crippen LogP contribution is -2.12. The highest BCUT2D eigenvalue weighted by atomic mass is 32.2. The lowest BCUT2D eigenvalue weighted by atomic mass is 10.3. The van der Waals surface area contributed by atoms with Crippen molar-refractivity contribution < 1.29 is 0 Å². The van der Waals surface area contributed by atoms with Gasteiger partial charge in [0.1, 0.15) is 11.8 Å². The van der Waals surface area contributed by atoms with Crippen molar-refractivity contribution >= 4 is 17.4 Å². The number of pyridine rings is 1. The molecule has 1 aromatic heterocycles. The molecule has 0 radical (unpaired) electrons. The minimum absolute atomic E-state index is 0.451. The van der Waals surface area contributed by atoms with E-state index in [0.717, 1.165) is 12.2 Å². The van der Waals surface area contributed by atoms with E-state index in [1.807, 2.05) is 23.9 Å². The van der Waals surface area contributed by atoms with Crippen LogP contribution in [0.3, 0.4) is 0 Å². The lowest BCUT2D eigenvalue weighted by molar-refractivity contribution is 1.00. The van der Waals surface area contributed by atoms with Gasteiger partial charge in [-0.1, -0.05) is 6.92 Å². The van der Waals surface area contributed by atoms with Crippen molar-refractivity contribution in [2.24, 2.45) is 0 Å². The van der Waals surface area contributed by atoms with E-state index in [-0.39, 0.29) is 0 Å². The Hall–Kier alpha value is -1.21. The van der Waals surface area contributed by atoms with Gasteiger partial charge in [0.25, 0.3) is 0 Å². The van der Waals surface area contributed by atoms with Gasteiger partial charge >= 0.3 is 0 Å². The molecule has 3 nitrogen and oxygen atoms in total. The minimum Gasteiger partial charge on any atom is -0.384 e. The predicted molar refractivity (Wildman–Crippen MR) is 60.4 cm³/mol. The molecule has 74 valence electrons. The van der Waals surface area contributed by atoms with Gasteiger partial charge < -0.3 is 5.32 Å². The van der Waals surface area contributed by atoms with Crippen LogP contribution in [0.2, 0.25) is 0 Å². The van der Waals surface area contributed by atoms with E-state index in [1.165, 1.54) is 0 Å². The van der Waals surface area contributed by atoms with Gasteiger partial charge in [-0.25, -0.2) is 4.98 Å². The number of nitrogens with zero attached hydrogens (tertiary/aromatic N) is 2. The summed E-state index contributed by atoms with van der Waals surface area (Å²) in [5, 5.41) is 12.5. The normalized spacial score (nSPS) is 11.8. The Kier molecular flexibility index (Phi) is 4.27. The van der Waals surface area contributed by atoms with E-state index >= 15 is 0 Å². The fraction of sp³-hybridized carbons (Fsp3) is 0.400. The maximum atomic E-state index is 8.64. The van der Waals surface area contributed by atoms with E-state index in [9.17, 15) is 0 Å². The molecule has 4 heteroatoms. The molecular weight excluding hydrogens is 194 g/mol. The largest absolute Gasteiger partial charge is 0.384 e. The van der Waals surface area contributed by atoms with Crippen LogP contribution in [0, 0.1) is 11.3 Å². The van der Waals surface area contributed by atoms with Crippen LogP contribution in [-0.2, 0) is 0 Å². The molecule has 1 atom stereocenters. The number of nitrogens with one attached hydrogen (secondary N) is 1. The van der Waals surface area contributed by atoms with Gasteiger partial charge in [0.2, 0.25) is 0 Å². The molecular formula is C10H13N3S. The van der Waals surface area contributed by atoms with E-state index in [4.69, 9.17) is 5.26 Å². The molecule has 14 heavy (non-hydrogen) atoms. The summed E-state index contributed by atoms with van der Waals surface area (Å²) in [5.74, 6) is 0. The molecule has 0 aliphatic rings. The molecule has 0 saturated heterocycles. The summed E-state index contributed by atoms with van der Waals surface area (Å²) in [7, 11) is 0. The van der Waals surface area contributed by atoms with Crippen molar-refractivity contribution in [2.45, 2.75) is 12.2 Å². The molecule has 1 rings (SSSR count). The Bertz CT molecular complexity index is 332. The van der Waals surface area contributed by atoms with Crippen LogP contribution in [0.1, 0.15) is 12.6 Å². The Morgan fingerprint density at radius 3 is 3.14 bits per heavy atom. The monoisotopic (exact) mass is 207 g/mol. The summed E-state index contributed by atoms with van der Waals surface area (Å²) in [6.45, 7) is 3.06. The van der Waals surface area contributed by atoms with Gasteiger partial charge in [0.15, 0.2) is 0 Å². The molecule has 1 unspecified atom stereocenters. The zero-order valence-corrected chi connectivity index (χ0v) is 9.14. The number of aromatic nitrogens is 1. The third kappa shape index (κ3) is 3.27. The summed E-state index contributed by atoms with van der Waals surface area (Å²) in [6, 6.07) is 5.64. The second-order valence-electron chi connectivity index (χ2n) is 2.97. The molecule has 0 saturated carbocycles. The molecule has 0 aromatic carbocycles. The standard InChI is InChI=1S/C10H13N3S/c1-8(14-2)7-13-9-3-4-12-10(5-9)6-11/h3-5,8H,7H2,1-2H3,(H,12,13). The lowest BCUT2D eigenvalue weighted by Gasteiger charge is -2.10. The van der Waals surface area contributed by atoms with Crippen LogP contribution in [0.25, 0.3) is 0 Å². The van der Waals surface area contributed by atoms with Crippen molar-refractivity contribution in [3.8, 4) is 6.07 Å². The van der Waals surface area contributed by atoms with Gasteiger partial charge in [-0.15, -0.1) is 0 Å². The Morgan fingerprint density at radius 1 is 1.71 bits per heavy atom. The second kappa shape index (κ2) is 5.51. The van der Waals surface area contributed by atoms with Crippen LogP contribution in [0.15, 0.2) is 18.3 Å². The molecule has 0 fully saturated rings. The van der Waals surface area contributed by atoms with Gasteiger partial charge in [0, 0.05) is 23.7 Å². The molecule has 1 heterocycles.